The van der Waals surface area contributed by atoms with Gasteiger partial charge in [0.05, 0.1) is 12.4 Å². The predicted molar refractivity (Wildman–Crippen MR) is 56.6 cm³/mol. The fourth-order valence-electron chi connectivity index (χ4n) is 1.18. The minimum Gasteiger partial charge on any atom is -0.423 e. The highest BCUT2D eigenvalue weighted by molar-refractivity contribution is 5.69. The quantitative estimate of drug-likeness (QED) is 0.709. The molecule has 0 N–H and O–H groups in total. The molecule has 5 heteroatoms. The molecule has 0 aliphatic rings. The molecule has 0 saturated heterocycles. The average Bonchev–Trinajstić information content (AvgIpc) is 2.30. The van der Waals surface area contributed by atoms with E-state index in [9.17, 15) is 4.79 Å². The summed E-state index contributed by atoms with van der Waals surface area (Å²) in [6.45, 7) is 1.33. The molecule has 0 bridgehead atoms. The third-order valence-corrected chi connectivity index (χ3v) is 1.83. The van der Waals surface area contributed by atoms with Crippen LogP contribution in [-0.2, 0) is 4.79 Å². The molecule has 2 rings (SSSR count). The smallest absolute Gasteiger partial charge is 0.308 e. The predicted octanol–water partition coefficient (Wildman–Crippen LogP) is 1.46. The Kier molecular flexibility index (Phi) is 2.86. The summed E-state index contributed by atoms with van der Waals surface area (Å²) >= 11 is 0. The fraction of sp³-hybridized carbons (Fsp3) is 0.0909. The molecule has 0 radical (unpaired) electrons. The minimum absolute atomic E-state index is 0.338. The van der Waals surface area contributed by atoms with E-state index in [4.69, 9.17) is 4.74 Å². The van der Waals surface area contributed by atoms with E-state index in [2.05, 4.69) is 15.0 Å². The maximum atomic E-state index is 10.7. The van der Waals surface area contributed by atoms with Crippen LogP contribution in [0, 0.1) is 0 Å². The maximum Gasteiger partial charge on any atom is 0.308 e. The van der Waals surface area contributed by atoms with Crippen LogP contribution in [0.5, 0.6) is 5.75 Å². The number of hydrogen-bond acceptors (Lipinski definition) is 5. The fourth-order valence-corrected chi connectivity index (χ4v) is 1.18. The largest absolute Gasteiger partial charge is 0.423 e. The zero-order valence-electron chi connectivity index (χ0n) is 8.62. The first-order valence-electron chi connectivity index (χ1n) is 4.66. The van der Waals surface area contributed by atoms with Gasteiger partial charge in [-0.2, -0.15) is 0 Å². The van der Waals surface area contributed by atoms with Crippen molar-refractivity contribution < 1.29 is 9.53 Å². The number of hydrogen-bond donors (Lipinski definition) is 0. The second kappa shape index (κ2) is 4.48. The number of carbonyl (C=O) groups is 1. The van der Waals surface area contributed by atoms with Crippen LogP contribution in [0.25, 0.3) is 11.4 Å². The van der Waals surface area contributed by atoms with E-state index >= 15 is 0 Å². The average molecular weight is 215 g/mol. The van der Waals surface area contributed by atoms with Gasteiger partial charge in [0, 0.05) is 24.9 Å². The van der Waals surface area contributed by atoms with Crippen molar-refractivity contribution in [3.05, 3.63) is 36.9 Å². The van der Waals surface area contributed by atoms with Gasteiger partial charge in [0.2, 0.25) is 0 Å². The summed E-state index contributed by atoms with van der Waals surface area (Å²) in [4.78, 5) is 22.8. The van der Waals surface area contributed by atoms with Gasteiger partial charge in [-0.25, -0.2) is 9.97 Å². The van der Waals surface area contributed by atoms with Crippen molar-refractivity contribution in [2.45, 2.75) is 6.92 Å². The Morgan fingerprint density at radius 1 is 1.19 bits per heavy atom. The van der Waals surface area contributed by atoms with E-state index in [1.54, 1.807) is 24.5 Å². The van der Waals surface area contributed by atoms with Crippen LogP contribution < -0.4 is 4.74 Å². The molecule has 0 unspecified atom stereocenters. The van der Waals surface area contributed by atoms with Crippen LogP contribution in [0.1, 0.15) is 6.92 Å². The molecule has 0 aliphatic heterocycles. The van der Waals surface area contributed by atoms with Crippen molar-refractivity contribution in [2.75, 3.05) is 0 Å². The molecule has 0 aliphatic carbocycles. The van der Waals surface area contributed by atoms with Gasteiger partial charge < -0.3 is 4.74 Å². The molecule has 0 spiro atoms. The second-order valence-electron chi connectivity index (χ2n) is 3.07. The summed E-state index contributed by atoms with van der Waals surface area (Å²) in [7, 11) is 0. The molecule has 2 aromatic heterocycles. The van der Waals surface area contributed by atoms with Crippen LogP contribution in [0.3, 0.4) is 0 Å². The lowest BCUT2D eigenvalue weighted by atomic mass is 10.2. The zero-order valence-corrected chi connectivity index (χ0v) is 8.62. The highest BCUT2D eigenvalue weighted by Crippen LogP contribution is 2.15. The molecule has 5 nitrogen and oxygen atoms in total. The normalized spacial score (nSPS) is 9.81. The summed E-state index contributed by atoms with van der Waals surface area (Å²) in [5.74, 6) is 0.517. The first-order valence-corrected chi connectivity index (χ1v) is 4.66. The Hall–Kier alpha value is -2.30. The third-order valence-electron chi connectivity index (χ3n) is 1.83. The monoisotopic (exact) mass is 215 g/mol. The number of nitrogens with zero attached hydrogens (tertiary/aromatic N) is 3. The lowest BCUT2D eigenvalue weighted by Crippen LogP contribution is -2.02. The van der Waals surface area contributed by atoms with E-state index < -0.39 is 0 Å². The lowest BCUT2D eigenvalue weighted by Gasteiger charge is -2.01. The summed E-state index contributed by atoms with van der Waals surface area (Å²) in [6, 6.07) is 3.61. The molecule has 2 heterocycles. The van der Waals surface area contributed by atoms with Crippen molar-refractivity contribution >= 4 is 5.97 Å². The molecular formula is C11H9N3O2. The Morgan fingerprint density at radius 2 is 1.81 bits per heavy atom. The highest BCUT2D eigenvalue weighted by atomic mass is 16.5. The summed E-state index contributed by atoms with van der Waals surface area (Å²) < 4.78 is 4.83. The molecule has 80 valence electrons. The molecule has 0 fully saturated rings. The molecule has 16 heavy (non-hydrogen) atoms. The van der Waals surface area contributed by atoms with Gasteiger partial charge in [-0.1, -0.05) is 0 Å². The summed E-state index contributed by atoms with van der Waals surface area (Å²) in [5, 5.41) is 0. The van der Waals surface area contributed by atoms with Crippen molar-refractivity contribution in [2.24, 2.45) is 0 Å². The van der Waals surface area contributed by atoms with E-state index in [0.717, 1.165) is 5.56 Å². The molecule has 0 saturated carbocycles. The Bertz CT molecular complexity index is 482. The summed E-state index contributed by atoms with van der Waals surface area (Å²) in [5.41, 5.74) is 0.865. The molecule has 0 atom stereocenters. The number of pyridine rings is 1. The van der Waals surface area contributed by atoms with Gasteiger partial charge >= 0.3 is 5.97 Å². The van der Waals surface area contributed by atoms with Crippen molar-refractivity contribution in [3.63, 3.8) is 0 Å². The van der Waals surface area contributed by atoms with Gasteiger partial charge in [0.1, 0.15) is 0 Å². The van der Waals surface area contributed by atoms with Crippen LogP contribution in [-0.4, -0.2) is 20.9 Å². The zero-order chi connectivity index (χ0) is 11.4. The SMILES string of the molecule is CC(=O)Oc1cnc(-c2ccncc2)nc1. The van der Waals surface area contributed by atoms with Crippen LogP contribution in [0.4, 0.5) is 0 Å². The minimum atomic E-state index is -0.389. The standard InChI is InChI=1S/C11H9N3O2/c1-8(15)16-10-6-13-11(14-7-10)9-2-4-12-5-3-9/h2-7H,1H3. The third kappa shape index (κ3) is 2.38. The highest BCUT2D eigenvalue weighted by Gasteiger charge is 2.02. The first-order chi connectivity index (χ1) is 7.75. The Balaban J connectivity index is 2.23. The lowest BCUT2D eigenvalue weighted by molar-refractivity contribution is -0.131. The molecular weight excluding hydrogens is 206 g/mol. The van der Waals surface area contributed by atoms with Gasteiger partial charge in [0.25, 0.3) is 0 Å². The maximum absolute atomic E-state index is 10.7. The van der Waals surface area contributed by atoms with Crippen molar-refractivity contribution in [1.82, 2.24) is 15.0 Å². The van der Waals surface area contributed by atoms with Crippen LogP contribution in [0.2, 0.25) is 0 Å². The number of aromatic nitrogens is 3. The van der Waals surface area contributed by atoms with E-state index in [1.807, 2.05) is 0 Å². The molecule has 0 aromatic carbocycles. The first kappa shape index (κ1) is 10.2. The number of carbonyl (C=O) groups excluding carboxylic acids is 1. The molecule has 0 amide bonds. The van der Waals surface area contributed by atoms with E-state index in [-0.39, 0.29) is 5.97 Å². The van der Waals surface area contributed by atoms with Gasteiger partial charge in [-0.15, -0.1) is 0 Å². The van der Waals surface area contributed by atoms with E-state index in [0.29, 0.717) is 11.6 Å². The second-order valence-corrected chi connectivity index (χ2v) is 3.07. The van der Waals surface area contributed by atoms with Crippen molar-refractivity contribution in [3.8, 4) is 17.1 Å². The number of esters is 1. The summed E-state index contributed by atoms with van der Waals surface area (Å²) in [6.07, 6.45) is 6.26. The van der Waals surface area contributed by atoms with Gasteiger partial charge in [-0.3, -0.25) is 9.78 Å². The van der Waals surface area contributed by atoms with Gasteiger partial charge in [-0.05, 0) is 12.1 Å². The number of ether oxygens (including phenoxy) is 1. The Morgan fingerprint density at radius 3 is 2.38 bits per heavy atom. The van der Waals surface area contributed by atoms with Gasteiger partial charge in [0.15, 0.2) is 11.6 Å². The number of rotatable bonds is 2. The van der Waals surface area contributed by atoms with Crippen molar-refractivity contribution in [1.29, 1.82) is 0 Å². The Labute approximate surface area is 92.2 Å². The molecule has 2 aromatic rings. The topological polar surface area (TPSA) is 65.0 Å². The van der Waals surface area contributed by atoms with E-state index in [1.165, 1.54) is 19.3 Å². The van der Waals surface area contributed by atoms with Crippen LogP contribution >= 0.6 is 0 Å². The van der Waals surface area contributed by atoms with Crippen LogP contribution in [0.15, 0.2) is 36.9 Å².